The van der Waals surface area contributed by atoms with Crippen molar-refractivity contribution in [1.29, 1.82) is 0 Å². The molecule has 0 heterocycles. The fourth-order valence-corrected chi connectivity index (χ4v) is 2.05. The Hall–Kier alpha value is -1.42. The summed E-state index contributed by atoms with van der Waals surface area (Å²) in [4.78, 5) is 13.4. The average Bonchev–Trinajstić information content (AvgIpc) is 2.47. The molecule has 0 unspecified atom stereocenters. The van der Waals surface area contributed by atoms with Crippen molar-refractivity contribution in [1.82, 2.24) is 4.90 Å². The van der Waals surface area contributed by atoms with Crippen molar-refractivity contribution >= 4 is 17.5 Å². The van der Waals surface area contributed by atoms with Crippen LogP contribution < -0.4 is 9.47 Å². The summed E-state index contributed by atoms with van der Waals surface area (Å²) in [6.45, 7) is 5.77. The van der Waals surface area contributed by atoms with Gasteiger partial charge in [-0.05, 0) is 31.0 Å². The second-order valence-electron chi connectivity index (χ2n) is 4.75. The second-order valence-corrected chi connectivity index (χ2v) is 5.13. The molecule has 21 heavy (non-hydrogen) atoms. The third-order valence-electron chi connectivity index (χ3n) is 2.92. The van der Waals surface area contributed by atoms with Gasteiger partial charge in [0, 0.05) is 25.9 Å². The summed E-state index contributed by atoms with van der Waals surface area (Å²) in [5, 5.41) is 0. The summed E-state index contributed by atoms with van der Waals surface area (Å²) in [6.07, 6.45) is 1.30. The van der Waals surface area contributed by atoms with Crippen LogP contribution >= 0.6 is 11.6 Å². The number of benzene rings is 1. The first-order valence-corrected chi connectivity index (χ1v) is 7.84. The topological polar surface area (TPSA) is 38.8 Å². The van der Waals surface area contributed by atoms with Gasteiger partial charge in [-0.25, -0.2) is 0 Å². The van der Waals surface area contributed by atoms with E-state index in [-0.39, 0.29) is 5.91 Å². The van der Waals surface area contributed by atoms with E-state index < -0.39 is 0 Å². The molecule has 0 atom stereocenters. The van der Waals surface area contributed by atoms with Gasteiger partial charge in [-0.1, -0.05) is 13.0 Å². The van der Waals surface area contributed by atoms with E-state index in [1.165, 1.54) is 0 Å². The Bertz CT molecular complexity index is 451. The van der Waals surface area contributed by atoms with Gasteiger partial charge in [-0.15, -0.1) is 11.6 Å². The minimum Gasteiger partial charge on any atom is -0.490 e. The monoisotopic (exact) mass is 313 g/mol. The zero-order chi connectivity index (χ0) is 15.7. The number of rotatable bonds is 9. The maximum absolute atomic E-state index is 11.8. The standard InChI is InChI=1S/C16H24ClNO3/c1-4-10-21-14-7-6-13(11-15(14)20-5-2)12-18(3)16(19)8-9-17/h6-7,11H,4-5,8-10,12H2,1-3H3. The predicted molar refractivity (Wildman–Crippen MR) is 85.2 cm³/mol. The van der Waals surface area contributed by atoms with Crippen molar-refractivity contribution in [3.8, 4) is 11.5 Å². The highest BCUT2D eigenvalue weighted by molar-refractivity contribution is 6.18. The van der Waals surface area contributed by atoms with E-state index in [9.17, 15) is 4.79 Å². The molecule has 0 aliphatic heterocycles. The highest BCUT2D eigenvalue weighted by Gasteiger charge is 2.11. The van der Waals surface area contributed by atoms with Gasteiger partial charge in [0.15, 0.2) is 11.5 Å². The molecular weight excluding hydrogens is 290 g/mol. The van der Waals surface area contributed by atoms with Crippen LogP contribution in [0.4, 0.5) is 0 Å². The van der Waals surface area contributed by atoms with Crippen LogP contribution in [0.3, 0.4) is 0 Å². The smallest absolute Gasteiger partial charge is 0.223 e. The summed E-state index contributed by atoms with van der Waals surface area (Å²) in [5.74, 6) is 1.85. The lowest BCUT2D eigenvalue weighted by atomic mass is 10.2. The van der Waals surface area contributed by atoms with Crippen LogP contribution in [-0.2, 0) is 11.3 Å². The number of alkyl halides is 1. The summed E-state index contributed by atoms with van der Waals surface area (Å²) in [6, 6.07) is 5.78. The molecule has 0 bridgehead atoms. The van der Waals surface area contributed by atoms with E-state index in [0.717, 1.165) is 23.5 Å². The molecule has 0 saturated heterocycles. The molecule has 4 nitrogen and oxygen atoms in total. The van der Waals surface area contributed by atoms with Gasteiger partial charge in [0.05, 0.1) is 13.2 Å². The summed E-state index contributed by atoms with van der Waals surface area (Å²) in [7, 11) is 1.77. The van der Waals surface area contributed by atoms with Gasteiger partial charge in [-0.2, -0.15) is 0 Å². The Kier molecular flexibility index (Phi) is 7.98. The Morgan fingerprint density at radius 1 is 1.24 bits per heavy atom. The van der Waals surface area contributed by atoms with E-state index >= 15 is 0 Å². The molecule has 5 heteroatoms. The minimum absolute atomic E-state index is 0.0364. The highest BCUT2D eigenvalue weighted by atomic mass is 35.5. The summed E-state index contributed by atoms with van der Waals surface area (Å²) >= 11 is 5.60. The van der Waals surface area contributed by atoms with Crippen molar-refractivity contribution < 1.29 is 14.3 Å². The third kappa shape index (κ3) is 5.84. The molecule has 0 fully saturated rings. The first-order chi connectivity index (χ1) is 10.1. The van der Waals surface area contributed by atoms with E-state index in [1.54, 1.807) is 11.9 Å². The third-order valence-corrected chi connectivity index (χ3v) is 3.11. The lowest BCUT2D eigenvalue weighted by Crippen LogP contribution is -2.26. The number of ether oxygens (including phenoxy) is 2. The van der Waals surface area contributed by atoms with Crippen LogP contribution in [0, 0.1) is 0 Å². The van der Waals surface area contributed by atoms with Crippen molar-refractivity contribution in [3.63, 3.8) is 0 Å². The van der Waals surface area contributed by atoms with Crippen molar-refractivity contribution in [3.05, 3.63) is 23.8 Å². The summed E-state index contributed by atoms with van der Waals surface area (Å²) < 4.78 is 11.3. The van der Waals surface area contributed by atoms with Crippen LogP contribution in [0.15, 0.2) is 18.2 Å². The van der Waals surface area contributed by atoms with Gasteiger partial charge in [0.1, 0.15) is 0 Å². The van der Waals surface area contributed by atoms with Crippen LogP contribution in [0.1, 0.15) is 32.3 Å². The lowest BCUT2D eigenvalue weighted by molar-refractivity contribution is -0.129. The number of halogens is 1. The first kappa shape index (κ1) is 17.6. The lowest BCUT2D eigenvalue weighted by Gasteiger charge is -2.18. The minimum atomic E-state index is 0.0364. The molecule has 0 saturated carbocycles. The Labute approximate surface area is 132 Å². The van der Waals surface area contributed by atoms with Gasteiger partial charge in [-0.3, -0.25) is 4.79 Å². The van der Waals surface area contributed by atoms with Gasteiger partial charge in [0.2, 0.25) is 5.91 Å². The molecular formula is C16H24ClNO3. The largest absolute Gasteiger partial charge is 0.490 e. The van der Waals surface area contributed by atoms with Crippen LogP contribution in [0.25, 0.3) is 0 Å². The zero-order valence-electron chi connectivity index (χ0n) is 13.0. The Morgan fingerprint density at radius 2 is 2.00 bits per heavy atom. The van der Waals surface area contributed by atoms with Crippen LogP contribution in [0.5, 0.6) is 11.5 Å². The van der Waals surface area contributed by atoms with Gasteiger partial charge < -0.3 is 14.4 Å². The van der Waals surface area contributed by atoms with Gasteiger partial charge >= 0.3 is 0 Å². The van der Waals surface area contributed by atoms with Crippen molar-refractivity contribution in [2.75, 3.05) is 26.1 Å². The van der Waals surface area contributed by atoms with E-state index in [1.807, 2.05) is 25.1 Å². The second kappa shape index (κ2) is 9.50. The maximum atomic E-state index is 11.8. The van der Waals surface area contributed by atoms with Crippen LogP contribution in [-0.4, -0.2) is 36.9 Å². The number of nitrogens with zero attached hydrogens (tertiary/aromatic N) is 1. The molecule has 0 radical (unpaired) electrons. The fourth-order valence-electron chi connectivity index (χ4n) is 1.88. The Balaban J connectivity index is 2.79. The number of carbonyl (C=O) groups is 1. The maximum Gasteiger partial charge on any atom is 0.223 e. The number of hydrogen-bond donors (Lipinski definition) is 0. The summed E-state index contributed by atoms with van der Waals surface area (Å²) in [5.41, 5.74) is 1.01. The molecule has 0 aliphatic rings. The number of amides is 1. The molecule has 1 amide bonds. The quantitative estimate of drug-likeness (QED) is 0.655. The number of hydrogen-bond acceptors (Lipinski definition) is 3. The van der Waals surface area contributed by atoms with E-state index in [2.05, 4.69) is 6.92 Å². The van der Waals surface area contributed by atoms with E-state index in [0.29, 0.717) is 32.1 Å². The predicted octanol–water partition coefficient (Wildman–Crippen LogP) is 3.46. The van der Waals surface area contributed by atoms with Crippen molar-refractivity contribution in [2.45, 2.75) is 33.2 Å². The van der Waals surface area contributed by atoms with E-state index in [4.69, 9.17) is 21.1 Å². The number of carbonyl (C=O) groups excluding carboxylic acids is 1. The Morgan fingerprint density at radius 3 is 2.62 bits per heavy atom. The van der Waals surface area contributed by atoms with Crippen LogP contribution in [0.2, 0.25) is 0 Å². The van der Waals surface area contributed by atoms with Gasteiger partial charge in [0.25, 0.3) is 0 Å². The fraction of sp³-hybridized carbons (Fsp3) is 0.562. The SMILES string of the molecule is CCCOc1ccc(CN(C)C(=O)CCCl)cc1OCC. The zero-order valence-corrected chi connectivity index (χ0v) is 13.8. The molecule has 1 aromatic rings. The molecule has 0 N–H and O–H groups in total. The molecule has 0 spiro atoms. The molecule has 1 rings (SSSR count). The normalized spacial score (nSPS) is 10.3. The average molecular weight is 314 g/mol. The molecule has 118 valence electrons. The van der Waals surface area contributed by atoms with Crippen molar-refractivity contribution in [2.24, 2.45) is 0 Å². The molecule has 0 aromatic heterocycles. The molecule has 1 aromatic carbocycles. The molecule has 0 aliphatic carbocycles. The highest BCUT2D eigenvalue weighted by Crippen LogP contribution is 2.29. The first-order valence-electron chi connectivity index (χ1n) is 7.30.